The van der Waals surface area contributed by atoms with Crippen LogP contribution in [0.2, 0.25) is 0 Å². The van der Waals surface area contributed by atoms with Crippen LogP contribution < -0.4 is 5.32 Å². The molecule has 2 saturated heterocycles. The predicted molar refractivity (Wildman–Crippen MR) is 66.7 cm³/mol. The maximum Gasteiger partial charge on any atom is 0.223 e. The van der Waals surface area contributed by atoms with E-state index in [4.69, 9.17) is 0 Å². The molecule has 2 aliphatic rings. The molecule has 3 rings (SSSR count). The third-order valence-electron chi connectivity index (χ3n) is 4.00. The van der Waals surface area contributed by atoms with Crippen molar-refractivity contribution in [1.29, 1.82) is 0 Å². The normalized spacial score (nSPS) is 28.3. The first kappa shape index (κ1) is 10.8. The van der Waals surface area contributed by atoms with Gasteiger partial charge in [0.25, 0.3) is 0 Å². The topological polar surface area (TPSA) is 32.3 Å². The van der Waals surface area contributed by atoms with Crippen LogP contribution in [0.25, 0.3) is 0 Å². The summed E-state index contributed by atoms with van der Waals surface area (Å²) in [6.45, 7) is 3.92. The van der Waals surface area contributed by atoms with Crippen molar-refractivity contribution in [2.75, 3.05) is 13.1 Å². The molecular weight excluding hydrogens is 212 g/mol. The fourth-order valence-corrected chi connectivity index (χ4v) is 3.12. The van der Waals surface area contributed by atoms with Gasteiger partial charge in [0.1, 0.15) is 0 Å². The van der Waals surface area contributed by atoms with E-state index in [1.54, 1.807) is 0 Å². The van der Waals surface area contributed by atoms with E-state index in [1.807, 2.05) is 0 Å². The van der Waals surface area contributed by atoms with E-state index >= 15 is 0 Å². The second-order valence-corrected chi connectivity index (χ2v) is 4.98. The van der Waals surface area contributed by atoms with Crippen molar-refractivity contribution in [3.63, 3.8) is 0 Å². The molecule has 0 saturated carbocycles. The minimum atomic E-state index is 0.316. The van der Waals surface area contributed by atoms with Gasteiger partial charge in [-0.25, -0.2) is 0 Å². The first-order valence-electron chi connectivity index (χ1n) is 6.36. The van der Waals surface area contributed by atoms with Gasteiger partial charge in [0, 0.05) is 19.5 Å². The molecule has 2 atom stereocenters. The summed E-state index contributed by atoms with van der Waals surface area (Å²) in [7, 11) is 0. The Kier molecular flexibility index (Phi) is 2.63. The molecule has 1 aromatic carbocycles. The third-order valence-corrected chi connectivity index (χ3v) is 4.00. The van der Waals surface area contributed by atoms with Crippen LogP contribution in [-0.2, 0) is 4.79 Å². The number of nitrogens with zero attached hydrogens (tertiary/aromatic N) is 1. The highest BCUT2D eigenvalue weighted by atomic mass is 16.2. The Bertz CT molecular complexity index is 444. The largest absolute Gasteiger partial charge is 0.337 e. The average molecular weight is 230 g/mol. The van der Waals surface area contributed by atoms with Gasteiger partial charge in [-0.15, -0.1) is 0 Å². The van der Waals surface area contributed by atoms with Gasteiger partial charge in [-0.3, -0.25) is 4.79 Å². The maximum absolute atomic E-state index is 11.8. The highest BCUT2D eigenvalue weighted by Gasteiger charge is 2.39. The van der Waals surface area contributed by atoms with Crippen LogP contribution in [0, 0.1) is 6.92 Å². The van der Waals surface area contributed by atoms with E-state index in [9.17, 15) is 4.79 Å². The molecule has 0 spiro atoms. The number of hydrogen-bond acceptors (Lipinski definition) is 2. The SMILES string of the molecule is Cc1ccccc1[C@@H]1NCCN2C(=O)CC[C@@H]12. The number of fused-ring (bicyclic) bond motifs is 1. The van der Waals surface area contributed by atoms with Crippen LogP contribution in [0.5, 0.6) is 0 Å². The Labute approximate surface area is 102 Å². The Morgan fingerprint density at radius 3 is 3.00 bits per heavy atom. The molecule has 2 heterocycles. The number of amides is 1. The van der Waals surface area contributed by atoms with Gasteiger partial charge in [0.05, 0.1) is 12.1 Å². The summed E-state index contributed by atoms with van der Waals surface area (Å²) in [4.78, 5) is 13.8. The van der Waals surface area contributed by atoms with Gasteiger partial charge in [-0.1, -0.05) is 24.3 Å². The van der Waals surface area contributed by atoms with Crippen molar-refractivity contribution in [3.05, 3.63) is 35.4 Å². The molecule has 0 unspecified atom stereocenters. The van der Waals surface area contributed by atoms with Gasteiger partial charge in [-0.05, 0) is 24.5 Å². The minimum absolute atomic E-state index is 0.316. The quantitative estimate of drug-likeness (QED) is 0.795. The zero-order valence-corrected chi connectivity index (χ0v) is 10.1. The number of benzene rings is 1. The van der Waals surface area contributed by atoms with Crippen molar-refractivity contribution in [3.8, 4) is 0 Å². The molecule has 1 aromatic rings. The highest BCUT2D eigenvalue weighted by molar-refractivity contribution is 5.79. The Balaban J connectivity index is 1.93. The number of rotatable bonds is 1. The number of piperazine rings is 1. The monoisotopic (exact) mass is 230 g/mol. The third kappa shape index (κ3) is 1.75. The van der Waals surface area contributed by atoms with Gasteiger partial charge in [0.2, 0.25) is 5.91 Å². The van der Waals surface area contributed by atoms with Crippen LogP contribution in [0.15, 0.2) is 24.3 Å². The molecule has 0 radical (unpaired) electrons. The van der Waals surface area contributed by atoms with Crippen LogP contribution >= 0.6 is 0 Å². The summed E-state index contributed by atoms with van der Waals surface area (Å²) in [5.74, 6) is 0.329. The van der Waals surface area contributed by atoms with Crippen LogP contribution in [0.4, 0.5) is 0 Å². The molecule has 0 aliphatic carbocycles. The summed E-state index contributed by atoms with van der Waals surface area (Å²) in [5, 5.41) is 3.57. The number of hydrogen-bond donors (Lipinski definition) is 1. The Hall–Kier alpha value is -1.35. The molecule has 2 aliphatic heterocycles. The second-order valence-electron chi connectivity index (χ2n) is 4.98. The molecule has 1 N–H and O–H groups in total. The number of carbonyl (C=O) groups is 1. The van der Waals surface area contributed by atoms with E-state index in [-0.39, 0.29) is 0 Å². The summed E-state index contributed by atoms with van der Waals surface area (Å²) in [5.41, 5.74) is 2.66. The summed E-state index contributed by atoms with van der Waals surface area (Å²) >= 11 is 0. The van der Waals surface area contributed by atoms with Crippen molar-refractivity contribution >= 4 is 5.91 Å². The fourth-order valence-electron chi connectivity index (χ4n) is 3.12. The maximum atomic E-state index is 11.8. The predicted octanol–water partition coefficient (Wildman–Crippen LogP) is 1.63. The smallest absolute Gasteiger partial charge is 0.223 e. The lowest BCUT2D eigenvalue weighted by molar-refractivity contribution is -0.130. The van der Waals surface area contributed by atoms with Crippen molar-refractivity contribution in [2.24, 2.45) is 0 Å². The standard InChI is InChI=1S/C14H18N2O/c1-10-4-2-3-5-11(10)14-12-6-7-13(17)16(12)9-8-15-14/h2-5,12,14-15H,6-9H2,1H3/t12-,14-/m0/s1. The minimum Gasteiger partial charge on any atom is -0.337 e. The second kappa shape index (κ2) is 4.15. The van der Waals surface area contributed by atoms with Crippen molar-refractivity contribution < 1.29 is 4.79 Å². The molecule has 2 fully saturated rings. The summed E-state index contributed by atoms with van der Waals surface area (Å²) in [6.07, 6.45) is 1.71. The van der Waals surface area contributed by atoms with Gasteiger partial charge >= 0.3 is 0 Å². The fraction of sp³-hybridized carbons (Fsp3) is 0.500. The zero-order chi connectivity index (χ0) is 11.8. The Morgan fingerprint density at radius 1 is 1.35 bits per heavy atom. The van der Waals surface area contributed by atoms with Crippen LogP contribution in [-0.4, -0.2) is 29.9 Å². The Morgan fingerprint density at radius 2 is 2.18 bits per heavy atom. The molecule has 0 aromatic heterocycles. The summed E-state index contributed by atoms with van der Waals surface area (Å²) < 4.78 is 0. The average Bonchev–Trinajstić information content (AvgIpc) is 2.72. The molecule has 90 valence electrons. The van der Waals surface area contributed by atoms with E-state index in [0.29, 0.717) is 24.4 Å². The lowest BCUT2D eigenvalue weighted by Crippen LogP contribution is -2.51. The molecule has 1 amide bonds. The van der Waals surface area contributed by atoms with Gasteiger partial charge in [0.15, 0.2) is 0 Å². The van der Waals surface area contributed by atoms with Crippen molar-refractivity contribution in [2.45, 2.75) is 31.8 Å². The van der Waals surface area contributed by atoms with Crippen LogP contribution in [0.1, 0.15) is 30.0 Å². The highest BCUT2D eigenvalue weighted by Crippen LogP contribution is 2.33. The first-order chi connectivity index (χ1) is 8.27. The van der Waals surface area contributed by atoms with E-state index < -0.39 is 0 Å². The number of nitrogens with one attached hydrogen (secondary N) is 1. The number of carbonyl (C=O) groups excluding carboxylic acids is 1. The van der Waals surface area contributed by atoms with Crippen LogP contribution in [0.3, 0.4) is 0 Å². The van der Waals surface area contributed by atoms with E-state index in [1.165, 1.54) is 11.1 Å². The number of aryl methyl sites for hydroxylation is 1. The molecular formula is C14H18N2O. The lowest BCUT2D eigenvalue weighted by atomic mass is 9.92. The lowest BCUT2D eigenvalue weighted by Gasteiger charge is -2.38. The molecule has 0 bridgehead atoms. The molecule has 3 heteroatoms. The summed E-state index contributed by atoms with van der Waals surface area (Å²) in [6, 6.07) is 9.15. The zero-order valence-electron chi connectivity index (χ0n) is 10.1. The molecule has 3 nitrogen and oxygen atoms in total. The molecule has 17 heavy (non-hydrogen) atoms. The van der Waals surface area contributed by atoms with Crippen molar-refractivity contribution in [1.82, 2.24) is 10.2 Å². The van der Waals surface area contributed by atoms with E-state index in [2.05, 4.69) is 41.4 Å². The van der Waals surface area contributed by atoms with E-state index in [0.717, 1.165) is 19.5 Å². The van der Waals surface area contributed by atoms with Gasteiger partial charge < -0.3 is 10.2 Å². The first-order valence-corrected chi connectivity index (χ1v) is 6.36. The van der Waals surface area contributed by atoms with Gasteiger partial charge in [-0.2, -0.15) is 0 Å².